The summed E-state index contributed by atoms with van der Waals surface area (Å²) in [6.45, 7) is 4.61. The highest BCUT2D eigenvalue weighted by Gasteiger charge is 2.26. The Bertz CT molecular complexity index is 338. The lowest BCUT2D eigenvalue weighted by atomic mass is 9.86. The van der Waals surface area contributed by atoms with Crippen LogP contribution < -0.4 is 0 Å². The van der Waals surface area contributed by atoms with Gasteiger partial charge in [-0.2, -0.15) is 0 Å². The van der Waals surface area contributed by atoms with Crippen LogP contribution in [-0.4, -0.2) is 10.3 Å². The number of rotatable bonds is 3. The minimum atomic E-state index is 0.398. The Morgan fingerprint density at radius 3 is 2.59 bits per heavy atom. The van der Waals surface area contributed by atoms with Crippen molar-refractivity contribution in [2.75, 3.05) is 0 Å². The average Bonchev–Trinajstić information content (AvgIpc) is 2.38. The number of hydrogen-bond acceptors (Lipinski definition) is 2. The Hall–Kier alpha value is -0.470. The van der Waals surface area contributed by atoms with Gasteiger partial charge in [-0.3, -0.25) is 0 Å². The minimum Gasteiger partial charge on any atom is -0.243 e. The van der Waals surface area contributed by atoms with E-state index in [1.807, 2.05) is 0 Å². The summed E-state index contributed by atoms with van der Waals surface area (Å²) in [7, 11) is 0. The summed E-state index contributed by atoms with van der Waals surface area (Å²) < 4.78 is 2.27. The lowest BCUT2D eigenvalue weighted by Gasteiger charge is -2.36. The van der Waals surface area contributed by atoms with Crippen LogP contribution in [0.15, 0.2) is 30.3 Å². The molecule has 0 heterocycles. The van der Waals surface area contributed by atoms with E-state index in [2.05, 4.69) is 48.5 Å². The first-order valence-corrected chi connectivity index (χ1v) is 7.10. The molecule has 94 valence electrons. The maximum absolute atomic E-state index is 4.75. The second-order valence-corrected chi connectivity index (χ2v) is 5.85. The Morgan fingerprint density at radius 2 is 1.94 bits per heavy atom. The van der Waals surface area contributed by atoms with E-state index in [1.165, 1.54) is 31.2 Å². The molecule has 1 saturated carbocycles. The van der Waals surface area contributed by atoms with Crippen molar-refractivity contribution in [3.63, 3.8) is 0 Å². The van der Waals surface area contributed by atoms with Crippen molar-refractivity contribution in [1.82, 2.24) is 4.31 Å². The molecule has 1 aromatic rings. The number of hydrogen-bond donors (Lipinski definition) is 1. The molecule has 0 aromatic heterocycles. The molecule has 3 atom stereocenters. The summed E-state index contributed by atoms with van der Waals surface area (Å²) >= 11 is 4.75. The van der Waals surface area contributed by atoms with Crippen molar-refractivity contribution >= 4 is 12.8 Å². The third kappa shape index (κ3) is 3.26. The van der Waals surface area contributed by atoms with Crippen LogP contribution in [-0.2, 0) is 0 Å². The molecule has 17 heavy (non-hydrogen) atoms. The van der Waals surface area contributed by atoms with Crippen molar-refractivity contribution < 1.29 is 0 Å². The fraction of sp³-hybridized carbons (Fsp3) is 0.600. The van der Waals surface area contributed by atoms with Crippen LogP contribution in [0.2, 0.25) is 0 Å². The predicted octanol–water partition coefficient (Wildman–Crippen LogP) is 4.47. The lowest BCUT2D eigenvalue weighted by Crippen LogP contribution is -2.33. The van der Waals surface area contributed by atoms with E-state index in [-0.39, 0.29) is 0 Å². The first-order valence-electron chi connectivity index (χ1n) is 6.70. The van der Waals surface area contributed by atoms with Crippen LogP contribution >= 0.6 is 12.8 Å². The van der Waals surface area contributed by atoms with Gasteiger partial charge in [0.25, 0.3) is 0 Å². The molecule has 0 radical (unpaired) electrons. The molecule has 0 bridgehead atoms. The molecule has 0 saturated heterocycles. The van der Waals surface area contributed by atoms with E-state index < -0.39 is 0 Å². The van der Waals surface area contributed by atoms with Gasteiger partial charge >= 0.3 is 0 Å². The Kier molecular flexibility index (Phi) is 4.52. The molecule has 0 aliphatic heterocycles. The van der Waals surface area contributed by atoms with Gasteiger partial charge in [0.1, 0.15) is 0 Å². The van der Waals surface area contributed by atoms with E-state index in [0.29, 0.717) is 12.1 Å². The topological polar surface area (TPSA) is 3.24 Å². The molecule has 2 heteroatoms. The van der Waals surface area contributed by atoms with Crippen LogP contribution in [0.3, 0.4) is 0 Å². The van der Waals surface area contributed by atoms with Gasteiger partial charge in [-0.25, -0.2) is 4.31 Å². The first-order chi connectivity index (χ1) is 8.18. The standard InChI is InChI=1S/C15H23NS/c1-12-7-6-10-15(11-12)16(17)13(2)14-8-4-3-5-9-14/h3-5,8-9,12-13,15,17H,6-7,10-11H2,1-2H3. The monoisotopic (exact) mass is 249 g/mol. The van der Waals surface area contributed by atoms with Crippen molar-refractivity contribution in [3.05, 3.63) is 35.9 Å². The van der Waals surface area contributed by atoms with Gasteiger partial charge in [-0.1, -0.05) is 62.9 Å². The van der Waals surface area contributed by atoms with E-state index in [9.17, 15) is 0 Å². The van der Waals surface area contributed by atoms with E-state index in [1.54, 1.807) is 0 Å². The molecule has 1 fully saturated rings. The largest absolute Gasteiger partial charge is 0.243 e. The van der Waals surface area contributed by atoms with Gasteiger partial charge in [0, 0.05) is 12.1 Å². The summed E-state index contributed by atoms with van der Waals surface area (Å²) in [5, 5.41) is 0. The minimum absolute atomic E-state index is 0.398. The Balaban J connectivity index is 2.01. The lowest BCUT2D eigenvalue weighted by molar-refractivity contribution is 0.200. The molecule has 0 spiro atoms. The second kappa shape index (κ2) is 5.92. The maximum Gasteiger partial charge on any atom is 0.0424 e. The molecule has 2 rings (SSSR count). The van der Waals surface area contributed by atoms with E-state index in [0.717, 1.165) is 5.92 Å². The predicted molar refractivity (Wildman–Crippen MR) is 77.1 cm³/mol. The fourth-order valence-electron chi connectivity index (χ4n) is 2.84. The van der Waals surface area contributed by atoms with Crippen molar-refractivity contribution in [1.29, 1.82) is 0 Å². The Morgan fingerprint density at radius 1 is 1.24 bits per heavy atom. The quantitative estimate of drug-likeness (QED) is 0.773. The summed E-state index contributed by atoms with van der Waals surface area (Å²) in [6, 6.07) is 11.7. The molecule has 0 amide bonds. The van der Waals surface area contributed by atoms with Crippen molar-refractivity contribution in [2.24, 2.45) is 5.92 Å². The summed E-state index contributed by atoms with van der Waals surface area (Å²) in [6.07, 6.45) is 5.33. The third-order valence-electron chi connectivity index (χ3n) is 3.96. The van der Waals surface area contributed by atoms with Gasteiger partial charge in [-0.15, -0.1) is 0 Å². The smallest absolute Gasteiger partial charge is 0.0424 e. The number of thiol groups is 1. The van der Waals surface area contributed by atoms with Gasteiger partial charge in [-0.05, 0) is 31.2 Å². The zero-order chi connectivity index (χ0) is 12.3. The highest BCUT2D eigenvalue weighted by atomic mass is 32.1. The molecule has 1 aromatic carbocycles. The van der Waals surface area contributed by atoms with Gasteiger partial charge in [0.15, 0.2) is 0 Å². The molecule has 1 aliphatic rings. The third-order valence-corrected chi connectivity index (χ3v) is 4.63. The van der Waals surface area contributed by atoms with Crippen molar-refractivity contribution in [2.45, 2.75) is 51.6 Å². The zero-order valence-electron chi connectivity index (χ0n) is 10.8. The maximum atomic E-state index is 4.75. The average molecular weight is 249 g/mol. The van der Waals surface area contributed by atoms with E-state index >= 15 is 0 Å². The number of nitrogens with zero attached hydrogens (tertiary/aromatic N) is 1. The Labute approximate surface area is 111 Å². The molecule has 3 unspecified atom stereocenters. The SMILES string of the molecule is CC1CCCC(N(S)C(C)c2ccccc2)C1. The molecular weight excluding hydrogens is 226 g/mol. The summed E-state index contributed by atoms with van der Waals surface area (Å²) in [5.74, 6) is 0.853. The summed E-state index contributed by atoms with van der Waals surface area (Å²) in [4.78, 5) is 0. The van der Waals surface area contributed by atoms with E-state index in [4.69, 9.17) is 12.8 Å². The zero-order valence-corrected chi connectivity index (χ0v) is 11.7. The van der Waals surface area contributed by atoms with Crippen molar-refractivity contribution in [3.8, 4) is 0 Å². The van der Waals surface area contributed by atoms with Crippen LogP contribution in [0.4, 0.5) is 0 Å². The summed E-state index contributed by atoms with van der Waals surface area (Å²) in [5.41, 5.74) is 1.36. The highest BCUT2D eigenvalue weighted by Crippen LogP contribution is 2.33. The first kappa shape index (κ1) is 13.0. The second-order valence-electron chi connectivity index (χ2n) is 5.39. The van der Waals surface area contributed by atoms with Gasteiger partial charge in [0.05, 0.1) is 0 Å². The molecular formula is C15H23NS. The normalized spacial score (nSPS) is 27.1. The molecule has 1 nitrogen and oxygen atoms in total. The van der Waals surface area contributed by atoms with Crippen LogP contribution in [0.25, 0.3) is 0 Å². The molecule has 1 aliphatic carbocycles. The molecule has 0 N–H and O–H groups in total. The van der Waals surface area contributed by atoms with Gasteiger partial charge in [0.2, 0.25) is 0 Å². The fourth-order valence-corrected chi connectivity index (χ4v) is 3.19. The van der Waals surface area contributed by atoms with Crippen LogP contribution in [0.1, 0.15) is 51.1 Å². The highest BCUT2D eigenvalue weighted by molar-refractivity contribution is 7.77. The van der Waals surface area contributed by atoms with Crippen LogP contribution in [0.5, 0.6) is 0 Å². The van der Waals surface area contributed by atoms with Crippen LogP contribution in [0, 0.1) is 5.92 Å². The van der Waals surface area contributed by atoms with Gasteiger partial charge < -0.3 is 0 Å². The number of benzene rings is 1.